The van der Waals surface area contributed by atoms with Crippen LogP contribution >= 0.6 is 22.9 Å². The molecule has 0 saturated heterocycles. The van der Waals surface area contributed by atoms with Gasteiger partial charge >= 0.3 is 0 Å². The second-order valence-electron chi connectivity index (χ2n) is 3.47. The van der Waals surface area contributed by atoms with Crippen LogP contribution in [0, 0.1) is 0 Å². The monoisotopic (exact) mass is 261 g/mol. The summed E-state index contributed by atoms with van der Waals surface area (Å²) in [7, 11) is 0. The van der Waals surface area contributed by atoms with Crippen molar-refractivity contribution in [3.63, 3.8) is 0 Å². The lowest BCUT2D eigenvalue weighted by molar-refractivity contribution is 1.23. The number of aromatic nitrogens is 2. The van der Waals surface area contributed by atoms with Crippen LogP contribution in [0.2, 0.25) is 5.28 Å². The fraction of sp³-hybridized carbons (Fsp3) is 0. The lowest BCUT2D eigenvalue weighted by Gasteiger charge is -2.06. The van der Waals surface area contributed by atoms with Crippen molar-refractivity contribution in [1.82, 2.24) is 9.97 Å². The molecule has 0 aliphatic rings. The van der Waals surface area contributed by atoms with Gasteiger partial charge in [-0.2, -0.15) is 4.98 Å². The summed E-state index contributed by atoms with van der Waals surface area (Å²) >= 11 is 7.49. The van der Waals surface area contributed by atoms with Crippen molar-refractivity contribution in [3.8, 4) is 0 Å². The van der Waals surface area contributed by atoms with Crippen LogP contribution in [0.15, 0.2) is 41.8 Å². The van der Waals surface area contributed by atoms with Gasteiger partial charge in [0.25, 0.3) is 0 Å². The third-order valence-electron chi connectivity index (χ3n) is 2.31. The van der Waals surface area contributed by atoms with E-state index in [0.29, 0.717) is 0 Å². The summed E-state index contributed by atoms with van der Waals surface area (Å²) in [5, 5.41) is 5.49. The molecule has 2 aromatic heterocycles. The summed E-state index contributed by atoms with van der Waals surface area (Å²) in [5.74, 6) is 0.751. The van der Waals surface area contributed by atoms with E-state index in [1.807, 2.05) is 41.8 Å². The van der Waals surface area contributed by atoms with Crippen LogP contribution in [0.4, 0.5) is 11.5 Å². The summed E-state index contributed by atoms with van der Waals surface area (Å²) in [6.45, 7) is 0. The van der Waals surface area contributed by atoms with Gasteiger partial charge in [0.15, 0.2) is 5.82 Å². The van der Waals surface area contributed by atoms with Crippen molar-refractivity contribution in [2.24, 2.45) is 0 Å². The predicted molar refractivity (Wildman–Crippen MR) is 72.1 cm³/mol. The van der Waals surface area contributed by atoms with Gasteiger partial charge in [0.05, 0.1) is 10.2 Å². The van der Waals surface area contributed by atoms with Crippen LogP contribution in [-0.2, 0) is 0 Å². The number of nitrogens with zero attached hydrogens (tertiary/aromatic N) is 2. The summed E-state index contributed by atoms with van der Waals surface area (Å²) < 4.78 is 1.01. The number of thiophene rings is 1. The summed E-state index contributed by atoms with van der Waals surface area (Å²) in [5.41, 5.74) is 1.85. The number of para-hydroxylation sites is 1. The van der Waals surface area contributed by atoms with Gasteiger partial charge in [0.2, 0.25) is 5.28 Å². The first-order valence-corrected chi connectivity index (χ1v) is 6.31. The minimum atomic E-state index is 0.259. The topological polar surface area (TPSA) is 37.8 Å². The summed E-state index contributed by atoms with van der Waals surface area (Å²) in [4.78, 5) is 8.39. The Labute approximate surface area is 107 Å². The molecule has 0 radical (unpaired) electrons. The van der Waals surface area contributed by atoms with Gasteiger partial charge in [-0.3, -0.25) is 0 Å². The Balaban J connectivity index is 2.08. The third-order valence-corrected chi connectivity index (χ3v) is 3.39. The van der Waals surface area contributed by atoms with Gasteiger partial charge in [0.1, 0.15) is 0 Å². The summed E-state index contributed by atoms with van der Waals surface area (Å²) in [6.07, 6.45) is 0. The normalized spacial score (nSPS) is 10.6. The molecule has 0 aliphatic carbocycles. The molecule has 3 nitrogen and oxygen atoms in total. The molecule has 1 aromatic carbocycles. The lowest BCUT2D eigenvalue weighted by Crippen LogP contribution is -1.95. The molecular weight excluding hydrogens is 254 g/mol. The Hall–Kier alpha value is -1.65. The van der Waals surface area contributed by atoms with Crippen LogP contribution in [0.3, 0.4) is 0 Å². The maximum Gasteiger partial charge on any atom is 0.224 e. The Bertz CT molecular complexity index is 651. The third kappa shape index (κ3) is 2.09. The fourth-order valence-corrected chi connectivity index (χ4v) is 2.53. The van der Waals surface area contributed by atoms with E-state index in [1.54, 1.807) is 11.3 Å². The standard InChI is InChI=1S/C12H8ClN3S/c13-12-15-9-6-7-17-10(9)11(16-12)14-8-4-2-1-3-5-8/h1-7H,(H,14,15,16). The van der Waals surface area contributed by atoms with Gasteiger partial charge in [-0.15, -0.1) is 11.3 Å². The van der Waals surface area contributed by atoms with E-state index in [0.717, 1.165) is 21.7 Å². The Morgan fingerprint density at radius 1 is 1.06 bits per heavy atom. The van der Waals surface area contributed by atoms with E-state index < -0.39 is 0 Å². The van der Waals surface area contributed by atoms with E-state index >= 15 is 0 Å². The molecule has 2 heterocycles. The molecule has 0 atom stereocenters. The molecule has 1 N–H and O–H groups in total. The lowest BCUT2D eigenvalue weighted by atomic mass is 10.3. The highest BCUT2D eigenvalue weighted by Gasteiger charge is 2.07. The van der Waals surface area contributed by atoms with Crippen molar-refractivity contribution >= 4 is 44.7 Å². The van der Waals surface area contributed by atoms with E-state index in [2.05, 4.69) is 15.3 Å². The number of rotatable bonds is 2. The molecule has 3 aromatic rings. The van der Waals surface area contributed by atoms with Gasteiger partial charge in [-0.05, 0) is 35.2 Å². The number of anilines is 2. The van der Waals surface area contributed by atoms with E-state index in [9.17, 15) is 0 Å². The molecule has 0 fully saturated rings. The average Bonchev–Trinajstić information content (AvgIpc) is 2.78. The molecule has 0 saturated carbocycles. The second kappa shape index (κ2) is 4.31. The maximum absolute atomic E-state index is 5.89. The zero-order valence-corrected chi connectivity index (χ0v) is 10.3. The smallest absolute Gasteiger partial charge is 0.224 e. The van der Waals surface area contributed by atoms with E-state index in [-0.39, 0.29) is 5.28 Å². The number of hydrogen-bond donors (Lipinski definition) is 1. The van der Waals surface area contributed by atoms with Gasteiger partial charge in [-0.25, -0.2) is 4.98 Å². The highest BCUT2D eigenvalue weighted by Crippen LogP contribution is 2.29. The Kier molecular flexibility index (Phi) is 2.66. The first-order valence-electron chi connectivity index (χ1n) is 5.06. The first-order chi connectivity index (χ1) is 8.33. The molecule has 0 bridgehead atoms. The molecule has 0 unspecified atom stereocenters. The molecule has 17 heavy (non-hydrogen) atoms. The number of hydrogen-bond acceptors (Lipinski definition) is 4. The minimum absolute atomic E-state index is 0.259. The number of halogens is 1. The van der Waals surface area contributed by atoms with Crippen molar-refractivity contribution in [1.29, 1.82) is 0 Å². The molecular formula is C12H8ClN3S. The van der Waals surface area contributed by atoms with Crippen LogP contribution in [0.1, 0.15) is 0 Å². The second-order valence-corrected chi connectivity index (χ2v) is 4.72. The molecule has 0 aliphatic heterocycles. The number of nitrogens with one attached hydrogen (secondary N) is 1. The average molecular weight is 262 g/mol. The zero-order valence-electron chi connectivity index (χ0n) is 8.72. The molecule has 0 amide bonds. The van der Waals surface area contributed by atoms with Crippen LogP contribution in [-0.4, -0.2) is 9.97 Å². The predicted octanol–water partition coefficient (Wildman–Crippen LogP) is 4.09. The zero-order chi connectivity index (χ0) is 11.7. The van der Waals surface area contributed by atoms with Gasteiger partial charge in [0, 0.05) is 5.69 Å². The SMILES string of the molecule is Clc1nc(Nc2ccccc2)c2sccc2n1. The first kappa shape index (κ1) is 10.5. The Morgan fingerprint density at radius 3 is 2.71 bits per heavy atom. The fourth-order valence-electron chi connectivity index (χ4n) is 1.58. The van der Waals surface area contributed by atoms with Crippen molar-refractivity contribution in [2.75, 3.05) is 5.32 Å². The maximum atomic E-state index is 5.89. The quantitative estimate of drug-likeness (QED) is 0.706. The van der Waals surface area contributed by atoms with E-state index in [1.165, 1.54) is 0 Å². The van der Waals surface area contributed by atoms with Crippen molar-refractivity contribution in [2.45, 2.75) is 0 Å². The Morgan fingerprint density at radius 2 is 1.88 bits per heavy atom. The van der Waals surface area contributed by atoms with Gasteiger partial charge in [-0.1, -0.05) is 18.2 Å². The van der Waals surface area contributed by atoms with Crippen LogP contribution in [0.25, 0.3) is 10.2 Å². The molecule has 84 valence electrons. The highest BCUT2D eigenvalue weighted by molar-refractivity contribution is 7.17. The molecule has 3 rings (SSSR count). The minimum Gasteiger partial charge on any atom is -0.339 e. The van der Waals surface area contributed by atoms with Crippen LogP contribution in [0.5, 0.6) is 0 Å². The van der Waals surface area contributed by atoms with Crippen molar-refractivity contribution < 1.29 is 0 Å². The largest absolute Gasteiger partial charge is 0.339 e. The number of fused-ring (bicyclic) bond motifs is 1. The summed E-state index contributed by atoms with van der Waals surface area (Å²) in [6, 6.07) is 11.8. The van der Waals surface area contributed by atoms with E-state index in [4.69, 9.17) is 11.6 Å². The van der Waals surface area contributed by atoms with Gasteiger partial charge < -0.3 is 5.32 Å². The highest BCUT2D eigenvalue weighted by atomic mass is 35.5. The molecule has 0 spiro atoms. The van der Waals surface area contributed by atoms with Crippen molar-refractivity contribution in [3.05, 3.63) is 47.1 Å². The van der Waals surface area contributed by atoms with Crippen LogP contribution < -0.4 is 5.32 Å². The molecule has 5 heteroatoms. The number of benzene rings is 1.